The first-order valence-corrected chi connectivity index (χ1v) is 14.3. The largest absolute Gasteiger partial charge is 0.368 e. The van der Waals surface area contributed by atoms with Gasteiger partial charge in [0.15, 0.2) is 0 Å². The minimum atomic E-state index is -1.53. The van der Waals surface area contributed by atoms with Crippen LogP contribution >= 0.6 is 0 Å². The highest BCUT2D eigenvalue weighted by molar-refractivity contribution is 5.97. The van der Waals surface area contributed by atoms with Gasteiger partial charge in [-0.2, -0.15) is 0 Å². The molecule has 0 bridgehead atoms. The Morgan fingerprint density at radius 3 is 1.88 bits per heavy atom. The number of nitrogens with zero attached hydrogens (tertiary/aromatic N) is 2. The number of rotatable bonds is 5. The van der Waals surface area contributed by atoms with Gasteiger partial charge >= 0.3 is 0 Å². The second kappa shape index (κ2) is 17.4. The van der Waals surface area contributed by atoms with E-state index in [0.29, 0.717) is 11.0 Å². The minimum Gasteiger partial charge on any atom is -0.368 e. The fraction of sp³-hybridized carbons (Fsp3) is 0.370. The number of hydrogen-bond acceptors (Lipinski definition) is 12. The number of amides is 9. The molecule has 9 amide bonds. The predicted molar refractivity (Wildman–Crippen MR) is 163 cm³/mol. The molecule has 48 heavy (non-hydrogen) atoms. The van der Waals surface area contributed by atoms with Gasteiger partial charge in [0, 0.05) is 13.1 Å². The molecule has 0 aliphatic carbocycles. The van der Waals surface area contributed by atoms with Crippen LogP contribution in [0.1, 0.15) is 16.9 Å². The topological polar surface area (TPSA) is 328 Å². The summed E-state index contributed by atoms with van der Waals surface area (Å²) in [5.41, 5.74) is 11.7. The molecule has 0 saturated carbocycles. The van der Waals surface area contributed by atoms with Crippen molar-refractivity contribution < 1.29 is 43.2 Å². The van der Waals surface area contributed by atoms with Gasteiger partial charge in [0.1, 0.15) is 23.8 Å². The van der Waals surface area contributed by atoms with Gasteiger partial charge in [0.2, 0.25) is 47.3 Å². The molecule has 1 fully saturated rings. The maximum Gasteiger partial charge on any atom is 0.271 e. The summed E-state index contributed by atoms with van der Waals surface area (Å²) in [7, 11) is 0. The first-order valence-electron chi connectivity index (χ1n) is 14.3. The number of benzene rings is 1. The Morgan fingerprint density at radius 1 is 0.729 bits per heavy atom. The van der Waals surface area contributed by atoms with E-state index in [0.717, 1.165) is 0 Å². The summed E-state index contributed by atoms with van der Waals surface area (Å²) < 4.78 is 0. The van der Waals surface area contributed by atoms with Gasteiger partial charge in [-0.3, -0.25) is 48.1 Å². The number of hydrogen-bond donors (Lipinski definition) is 10. The molecular weight excluding hydrogens is 636 g/mol. The Hall–Kier alpha value is -6.25. The summed E-state index contributed by atoms with van der Waals surface area (Å²) in [6, 6.07) is 2.45. The van der Waals surface area contributed by atoms with Crippen LogP contribution in [0.25, 0.3) is 11.0 Å². The second-order valence-electron chi connectivity index (χ2n) is 10.1. The average molecular weight is 671 g/mol. The highest BCUT2D eigenvalue weighted by Gasteiger charge is 2.27. The summed E-state index contributed by atoms with van der Waals surface area (Å²) in [6.07, 6.45) is 0.536. The van der Waals surface area contributed by atoms with E-state index in [-0.39, 0.29) is 5.69 Å². The molecule has 2 unspecified atom stereocenters. The quantitative estimate of drug-likeness (QED) is 0.142. The zero-order valence-electron chi connectivity index (χ0n) is 25.3. The Balaban J connectivity index is 1.72. The molecule has 21 heteroatoms. The molecule has 3 atom stereocenters. The van der Waals surface area contributed by atoms with Crippen LogP contribution in [0.15, 0.2) is 30.5 Å². The molecule has 1 aromatic carbocycles. The maximum absolute atomic E-state index is 13.0. The number of nitrogens with one attached hydrogen (secondary N) is 8. The van der Waals surface area contributed by atoms with E-state index in [1.54, 1.807) is 24.3 Å². The summed E-state index contributed by atoms with van der Waals surface area (Å²) in [6.45, 7) is -3.56. The first-order chi connectivity index (χ1) is 22.9. The molecule has 1 aliphatic rings. The molecule has 21 nitrogen and oxygen atoms in total. The summed E-state index contributed by atoms with van der Waals surface area (Å²) in [5.74, 6) is -8.02. The highest BCUT2D eigenvalue weighted by atomic mass is 16.2. The summed E-state index contributed by atoms with van der Waals surface area (Å²) >= 11 is 0. The molecule has 0 radical (unpaired) electrons. The SMILES string of the molecule is NCC1NC(=O)C[C@@H](C(N)=O)NC(=O)CNC(=O)CNC(=O)C(CNC(=O)c2cnc3ccccc3n2)NC(=O)CNC(=O)CNC1=O. The molecule has 256 valence electrons. The first kappa shape index (κ1) is 36.2. The van der Waals surface area contributed by atoms with Crippen molar-refractivity contribution in [2.75, 3.05) is 39.3 Å². The van der Waals surface area contributed by atoms with E-state index >= 15 is 0 Å². The van der Waals surface area contributed by atoms with Crippen molar-refractivity contribution in [2.24, 2.45) is 11.5 Å². The van der Waals surface area contributed by atoms with Crippen LogP contribution < -0.4 is 54.0 Å². The number of para-hydroxylation sites is 2. The molecular formula is C27H34N12O9. The zero-order chi connectivity index (χ0) is 35.2. The number of primary amides is 1. The van der Waals surface area contributed by atoms with Crippen LogP contribution in [0.2, 0.25) is 0 Å². The average Bonchev–Trinajstić information content (AvgIpc) is 3.07. The van der Waals surface area contributed by atoms with Crippen molar-refractivity contribution >= 4 is 64.2 Å². The molecule has 2 aromatic rings. The van der Waals surface area contributed by atoms with E-state index < -0.39 is 117 Å². The smallest absolute Gasteiger partial charge is 0.271 e. The third-order valence-electron chi connectivity index (χ3n) is 6.49. The lowest BCUT2D eigenvalue weighted by Crippen LogP contribution is -2.57. The van der Waals surface area contributed by atoms with Gasteiger partial charge in [0.25, 0.3) is 5.91 Å². The molecule has 3 rings (SSSR count). The second-order valence-corrected chi connectivity index (χ2v) is 10.1. The molecule has 0 spiro atoms. The van der Waals surface area contributed by atoms with Crippen molar-refractivity contribution in [1.29, 1.82) is 0 Å². The highest BCUT2D eigenvalue weighted by Crippen LogP contribution is 2.08. The van der Waals surface area contributed by atoms with Gasteiger partial charge in [-0.1, -0.05) is 12.1 Å². The third kappa shape index (κ3) is 11.3. The fourth-order valence-corrected chi connectivity index (χ4v) is 4.01. The lowest BCUT2D eigenvalue weighted by molar-refractivity contribution is -0.133. The number of carbonyl (C=O) groups excluding carboxylic acids is 9. The minimum absolute atomic E-state index is 0.0826. The van der Waals surface area contributed by atoms with E-state index in [4.69, 9.17) is 11.5 Å². The van der Waals surface area contributed by atoms with E-state index in [2.05, 4.69) is 52.5 Å². The van der Waals surface area contributed by atoms with Crippen LogP contribution in [0, 0.1) is 0 Å². The number of nitrogens with two attached hydrogens (primary N) is 2. The zero-order valence-corrected chi connectivity index (χ0v) is 25.3. The van der Waals surface area contributed by atoms with Crippen LogP contribution in [0.5, 0.6) is 0 Å². The molecule has 12 N–H and O–H groups in total. The van der Waals surface area contributed by atoms with Crippen LogP contribution in [0.4, 0.5) is 0 Å². The van der Waals surface area contributed by atoms with Crippen molar-refractivity contribution in [3.8, 4) is 0 Å². The third-order valence-corrected chi connectivity index (χ3v) is 6.49. The van der Waals surface area contributed by atoms with Gasteiger partial charge in [-0.05, 0) is 12.1 Å². The number of aromatic nitrogens is 2. The van der Waals surface area contributed by atoms with Crippen LogP contribution in [0.3, 0.4) is 0 Å². The van der Waals surface area contributed by atoms with E-state index in [9.17, 15) is 43.2 Å². The predicted octanol–water partition coefficient (Wildman–Crippen LogP) is -6.87. The van der Waals surface area contributed by atoms with Crippen molar-refractivity contribution in [1.82, 2.24) is 52.5 Å². The van der Waals surface area contributed by atoms with Gasteiger partial charge in [-0.15, -0.1) is 0 Å². The van der Waals surface area contributed by atoms with Crippen molar-refractivity contribution in [3.05, 3.63) is 36.2 Å². The molecule has 1 aliphatic heterocycles. The lowest BCUT2D eigenvalue weighted by atomic mass is 10.1. The lowest BCUT2D eigenvalue weighted by Gasteiger charge is -2.20. The summed E-state index contributed by atoms with van der Waals surface area (Å²) in [5, 5.41) is 18.1. The number of carbonyl (C=O) groups is 9. The Bertz CT molecular complexity index is 1600. The Labute approximate surface area is 271 Å². The molecule has 1 aromatic heterocycles. The van der Waals surface area contributed by atoms with Crippen molar-refractivity contribution in [2.45, 2.75) is 24.5 Å². The normalized spacial score (nSPS) is 21.0. The Morgan fingerprint density at radius 2 is 1.27 bits per heavy atom. The van der Waals surface area contributed by atoms with E-state index in [1.807, 2.05) is 0 Å². The number of fused-ring (bicyclic) bond motifs is 1. The summed E-state index contributed by atoms with van der Waals surface area (Å²) in [4.78, 5) is 120. The Kier molecular flexibility index (Phi) is 13.2. The van der Waals surface area contributed by atoms with Gasteiger partial charge in [0.05, 0.1) is 49.8 Å². The molecule has 1 saturated heterocycles. The van der Waals surface area contributed by atoms with Crippen LogP contribution in [-0.4, -0.2) is 121 Å². The van der Waals surface area contributed by atoms with Gasteiger partial charge in [-0.25, -0.2) is 4.98 Å². The maximum atomic E-state index is 13.0. The van der Waals surface area contributed by atoms with Gasteiger partial charge < -0.3 is 54.0 Å². The monoisotopic (exact) mass is 670 g/mol. The fourth-order valence-electron chi connectivity index (χ4n) is 4.01. The van der Waals surface area contributed by atoms with Crippen molar-refractivity contribution in [3.63, 3.8) is 0 Å². The standard InChI is InChI=1S/C27H34N12O9/c28-6-16-25(46)34-9-20(41)32-12-23(44)39-18(8-33-26(47)17-7-30-13-3-1-2-4-14(13)36-17)27(48)35-10-21(42)31-11-22(43)37-15(24(29)45)5-19(40)38-16/h1-4,7,15-16,18H,5-6,8-12,28H2,(H2,29,45)(H,31,42)(H,32,41)(H,33,47)(H,34,46)(H,35,48)(H,37,43)(H,38,40)(H,39,44)/t15-,16?,18?/m0/s1. The van der Waals surface area contributed by atoms with Crippen LogP contribution in [-0.2, 0) is 38.4 Å². The molecule has 2 heterocycles. The van der Waals surface area contributed by atoms with E-state index in [1.165, 1.54) is 6.20 Å².